The number of carbonyl (C=O) groups is 1. The Kier molecular flexibility index (Phi) is 37.7. The van der Waals surface area contributed by atoms with Crippen LogP contribution in [0.1, 0.15) is 0 Å². The maximum absolute atomic E-state index is 11.9. The first-order valence-electron chi connectivity index (χ1n) is 10.2. The molecule has 0 aliphatic carbocycles. The third-order valence-corrected chi connectivity index (χ3v) is 18.7. The Morgan fingerprint density at radius 1 is 0.711 bits per heavy atom. The van der Waals surface area contributed by atoms with Gasteiger partial charge in [-0.05, 0) is 0 Å². The van der Waals surface area contributed by atoms with E-state index in [1.807, 2.05) is 47.0 Å². The van der Waals surface area contributed by atoms with Crippen molar-refractivity contribution in [3.8, 4) is 0 Å². The Labute approximate surface area is 284 Å². The molecule has 21 heteroatoms. The monoisotopic (exact) mass is 791 g/mol. The summed E-state index contributed by atoms with van der Waals surface area (Å²) in [6.07, 6.45) is 0. The maximum atomic E-state index is 11.9. The van der Waals surface area contributed by atoms with E-state index in [-0.39, 0.29) is 11.2 Å². The molecule has 0 bridgehead atoms. The molecule has 2 unspecified atom stereocenters. The molecule has 0 radical (unpaired) electrons. The van der Waals surface area contributed by atoms with Crippen molar-refractivity contribution in [2.45, 2.75) is 0 Å². The van der Waals surface area contributed by atoms with E-state index in [1.54, 1.807) is 47.0 Å². The fraction of sp³-hybridized carbons (Fsp3) is 0.824. The predicted molar refractivity (Wildman–Crippen MR) is 205 cm³/mol. The molecule has 0 aromatic rings. The molecule has 0 aromatic heterocycles. The van der Waals surface area contributed by atoms with Crippen LogP contribution in [0, 0.1) is 0 Å². The minimum absolute atomic E-state index is 0.0233. The lowest BCUT2D eigenvalue weighted by atomic mass is 11.2. The topological polar surface area (TPSA) is 108 Å². The summed E-state index contributed by atoms with van der Waals surface area (Å²) in [6.45, 7) is 0. The van der Waals surface area contributed by atoms with Crippen LogP contribution in [0.3, 0.4) is 0 Å². The number of rotatable bonds is 28. The van der Waals surface area contributed by atoms with Gasteiger partial charge in [0.2, 0.25) is 0 Å². The SMILES string of the molecule is O=C(NCSCSCSCSCN=CS(=O)CSCSCO)SCSCSCSCSCS(=O)C=NCS. The van der Waals surface area contributed by atoms with Gasteiger partial charge in [-0.3, -0.25) is 23.2 Å². The molecule has 7 nitrogen and oxygen atoms in total. The average Bonchev–Trinajstić information content (AvgIpc) is 2.91. The molecule has 2 N–H and O–H groups in total. The van der Waals surface area contributed by atoms with Crippen LogP contribution in [-0.2, 0) is 21.6 Å². The summed E-state index contributed by atoms with van der Waals surface area (Å²) in [7, 11) is -2.05. The lowest BCUT2D eigenvalue weighted by Gasteiger charge is -2.05. The number of thioether (sulfide) groups is 11. The molecule has 0 saturated heterocycles. The molecule has 0 rings (SSSR count). The van der Waals surface area contributed by atoms with E-state index in [4.69, 9.17) is 5.11 Å². The molecule has 38 heavy (non-hydrogen) atoms. The van der Waals surface area contributed by atoms with Crippen molar-refractivity contribution in [3.63, 3.8) is 0 Å². The summed E-state index contributed by atoms with van der Waals surface area (Å²) in [6, 6.07) is 0. The van der Waals surface area contributed by atoms with E-state index in [1.165, 1.54) is 46.4 Å². The third-order valence-electron chi connectivity index (χ3n) is 2.88. The lowest BCUT2D eigenvalue weighted by molar-refractivity contribution is 0.262. The fourth-order valence-corrected chi connectivity index (χ4v) is 16.0. The number of hydrogen-bond donors (Lipinski definition) is 3. The van der Waals surface area contributed by atoms with Crippen molar-refractivity contribution < 1.29 is 18.3 Å². The molecule has 0 aliphatic heterocycles. The van der Waals surface area contributed by atoms with Gasteiger partial charge in [-0.15, -0.1) is 118 Å². The first kappa shape index (κ1) is 41.3. The van der Waals surface area contributed by atoms with Gasteiger partial charge < -0.3 is 10.4 Å². The lowest BCUT2D eigenvalue weighted by Crippen LogP contribution is -2.17. The maximum Gasteiger partial charge on any atom is 0.280 e. The highest BCUT2D eigenvalue weighted by molar-refractivity contribution is 8.30. The first-order valence-corrected chi connectivity index (χ1v) is 26.2. The largest absolute Gasteiger partial charge is 0.386 e. The summed E-state index contributed by atoms with van der Waals surface area (Å²) in [5.41, 5.74) is 2.98. The molecule has 2 atom stereocenters. The van der Waals surface area contributed by atoms with Gasteiger partial charge in [0.1, 0.15) is 0 Å². The van der Waals surface area contributed by atoms with Crippen molar-refractivity contribution in [3.05, 3.63) is 0 Å². The summed E-state index contributed by atoms with van der Waals surface area (Å²) < 4.78 is 23.2. The van der Waals surface area contributed by atoms with Gasteiger partial charge in [-0.1, -0.05) is 11.8 Å². The van der Waals surface area contributed by atoms with Gasteiger partial charge in [0, 0.05) is 40.7 Å². The van der Waals surface area contributed by atoms with Crippen molar-refractivity contribution in [2.24, 2.45) is 9.98 Å². The smallest absolute Gasteiger partial charge is 0.280 e. The van der Waals surface area contributed by atoms with Gasteiger partial charge in [0.05, 0.1) is 66.4 Å². The number of hydrogen-bond acceptors (Lipinski definition) is 18. The zero-order valence-electron chi connectivity index (χ0n) is 20.4. The molecule has 0 saturated carbocycles. The number of nitrogens with zero attached hydrogens (tertiary/aromatic N) is 2. The van der Waals surface area contributed by atoms with E-state index < -0.39 is 21.6 Å². The number of amides is 1. The highest BCUT2D eigenvalue weighted by atomic mass is 32.3. The van der Waals surface area contributed by atoms with E-state index in [0.717, 1.165) is 40.7 Å². The van der Waals surface area contributed by atoms with Crippen LogP contribution in [0.25, 0.3) is 0 Å². The number of carbonyl (C=O) groups excluding carboxylic acids is 1. The zero-order valence-corrected chi connectivity index (χ0v) is 31.9. The van der Waals surface area contributed by atoms with Crippen LogP contribution in [0.5, 0.6) is 0 Å². The van der Waals surface area contributed by atoms with Gasteiger partial charge >= 0.3 is 0 Å². The molecule has 1 amide bonds. The van der Waals surface area contributed by atoms with Gasteiger partial charge in [-0.2, -0.15) is 12.6 Å². The molecule has 0 spiro atoms. The number of aliphatic hydroxyl groups is 1. The summed E-state index contributed by atoms with van der Waals surface area (Å²) in [5, 5.41) is 19.9. The predicted octanol–water partition coefficient (Wildman–Crippen LogP) is 6.64. The van der Waals surface area contributed by atoms with Gasteiger partial charge in [0.25, 0.3) is 5.24 Å². The highest BCUT2D eigenvalue weighted by Crippen LogP contribution is 2.24. The van der Waals surface area contributed by atoms with Crippen molar-refractivity contribution in [1.82, 2.24) is 5.32 Å². The Morgan fingerprint density at radius 2 is 1.21 bits per heavy atom. The number of aliphatic hydroxyl groups excluding tert-OH is 1. The first-order chi connectivity index (χ1) is 18.6. The average molecular weight is 792 g/mol. The molecule has 224 valence electrons. The summed E-state index contributed by atoms with van der Waals surface area (Å²) in [4.78, 5) is 19.9. The summed E-state index contributed by atoms with van der Waals surface area (Å²) >= 11 is 22.3. The number of aliphatic imine (C=N–C) groups is 2. The Hall–Kier alpha value is 3.27. The molecule has 0 aliphatic rings. The van der Waals surface area contributed by atoms with Crippen LogP contribution in [-0.4, -0.2) is 104 Å². The number of nitrogens with one attached hydrogen (secondary N) is 1. The molecule has 0 heterocycles. The van der Waals surface area contributed by atoms with Crippen molar-refractivity contribution in [1.29, 1.82) is 0 Å². The normalized spacial score (nSPS) is 13.4. The van der Waals surface area contributed by atoms with Crippen molar-refractivity contribution in [2.75, 3.05) is 74.4 Å². The highest BCUT2D eigenvalue weighted by Gasteiger charge is 2.02. The van der Waals surface area contributed by atoms with Crippen molar-refractivity contribution >= 4 is 180 Å². The molecular formula is C17H33N3O4S14. The minimum atomic E-state index is -1.05. The molecule has 0 aromatic carbocycles. The van der Waals surface area contributed by atoms with Gasteiger partial charge in [0.15, 0.2) is 0 Å². The van der Waals surface area contributed by atoms with Crippen LogP contribution in [0.15, 0.2) is 9.98 Å². The molecule has 0 fully saturated rings. The quantitative estimate of drug-likeness (QED) is 0.0259. The van der Waals surface area contributed by atoms with E-state index >= 15 is 0 Å². The third kappa shape index (κ3) is 33.8. The minimum Gasteiger partial charge on any atom is -0.386 e. The van der Waals surface area contributed by atoms with Crippen LogP contribution < -0.4 is 5.32 Å². The zero-order chi connectivity index (χ0) is 27.9. The Bertz CT molecular complexity index is 665. The second kappa shape index (κ2) is 34.8. The Morgan fingerprint density at radius 3 is 1.82 bits per heavy atom. The fourth-order valence-electron chi connectivity index (χ4n) is 1.53. The standard InChI is InChI=1S/C17H33N3O4S14/c21-6-28-9-34-15-38(24)5-19-2-26-7-29-10-30-8-27-3-20-17(22)36-14-33-12-31-11-32-13-35-16-37(23)4-18-1-25/h4-5,21,25H,1-3,6-16H2,(H,20,22). The number of thiol groups is 1. The summed E-state index contributed by atoms with van der Waals surface area (Å²) in [5.74, 6) is 1.71. The second-order valence-corrected chi connectivity index (χ2v) is 22.9. The van der Waals surface area contributed by atoms with E-state index in [0.29, 0.717) is 27.8 Å². The van der Waals surface area contributed by atoms with Crippen LogP contribution in [0.4, 0.5) is 4.79 Å². The Balaban J connectivity index is 3.32. The van der Waals surface area contributed by atoms with E-state index in [9.17, 15) is 13.2 Å². The van der Waals surface area contributed by atoms with Crippen LogP contribution in [0.2, 0.25) is 0 Å². The van der Waals surface area contributed by atoms with E-state index in [2.05, 4.69) is 27.9 Å². The molecular weight excluding hydrogens is 759 g/mol. The van der Waals surface area contributed by atoms with Gasteiger partial charge in [-0.25, -0.2) is 0 Å². The van der Waals surface area contributed by atoms with Crippen LogP contribution >= 0.6 is 142 Å². The second-order valence-electron chi connectivity index (χ2n) is 5.71.